The first kappa shape index (κ1) is 14.6. The van der Waals surface area contributed by atoms with Gasteiger partial charge in [-0.1, -0.05) is 23.2 Å². The standard InChI is InChI=1S/C14H10Cl2FNO2/c15-12-6-3-10(7-13(12)16)18-14(19)8-20-11-4-1-9(17)2-5-11/h1-7H,8H2,(H,18,19). The third-order valence-corrected chi connectivity index (χ3v) is 3.13. The van der Waals surface area contributed by atoms with Gasteiger partial charge in [-0.15, -0.1) is 0 Å². The van der Waals surface area contributed by atoms with E-state index < -0.39 is 0 Å². The molecule has 20 heavy (non-hydrogen) atoms. The maximum atomic E-state index is 12.7. The van der Waals surface area contributed by atoms with Crippen molar-refractivity contribution >= 4 is 34.8 Å². The molecular weight excluding hydrogens is 304 g/mol. The molecule has 0 fully saturated rings. The second kappa shape index (κ2) is 6.59. The summed E-state index contributed by atoms with van der Waals surface area (Å²) in [4.78, 5) is 11.7. The summed E-state index contributed by atoms with van der Waals surface area (Å²) in [7, 11) is 0. The zero-order valence-electron chi connectivity index (χ0n) is 10.2. The van der Waals surface area contributed by atoms with Crippen molar-refractivity contribution in [2.24, 2.45) is 0 Å². The van der Waals surface area contributed by atoms with E-state index in [1.807, 2.05) is 0 Å². The highest BCUT2D eigenvalue weighted by Gasteiger charge is 2.05. The Kier molecular flexibility index (Phi) is 4.82. The summed E-state index contributed by atoms with van der Waals surface area (Å²) in [5.41, 5.74) is 0.520. The molecule has 104 valence electrons. The van der Waals surface area contributed by atoms with Gasteiger partial charge in [0, 0.05) is 5.69 Å². The summed E-state index contributed by atoms with van der Waals surface area (Å²) >= 11 is 11.6. The number of ether oxygens (including phenoxy) is 1. The Balaban J connectivity index is 1.89. The van der Waals surface area contributed by atoms with Gasteiger partial charge in [0.25, 0.3) is 5.91 Å². The van der Waals surface area contributed by atoms with Gasteiger partial charge in [0.15, 0.2) is 6.61 Å². The van der Waals surface area contributed by atoms with Crippen LogP contribution in [-0.4, -0.2) is 12.5 Å². The van der Waals surface area contributed by atoms with Gasteiger partial charge in [-0.3, -0.25) is 4.79 Å². The Hall–Kier alpha value is -1.78. The molecule has 0 aromatic heterocycles. The molecule has 0 heterocycles. The number of halogens is 3. The molecule has 2 rings (SSSR count). The molecule has 1 N–H and O–H groups in total. The molecular formula is C14H10Cl2FNO2. The van der Waals surface area contributed by atoms with E-state index in [0.29, 0.717) is 21.5 Å². The molecule has 0 aliphatic carbocycles. The first-order valence-electron chi connectivity index (χ1n) is 5.68. The zero-order valence-corrected chi connectivity index (χ0v) is 11.7. The molecule has 2 aromatic rings. The van der Waals surface area contributed by atoms with Crippen molar-refractivity contribution in [2.75, 3.05) is 11.9 Å². The van der Waals surface area contributed by atoms with Gasteiger partial charge >= 0.3 is 0 Å². The van der Waals surface area contributed by atoms with Crippen LogP contribution in [0.25, 0.3) is 0 Å². The van der Waals surface area contributed by atoms with E-state index >= 15 is 0 Å². The summed E-state index contributed by atoms with van der Waals surface area (Å²) in [5.74, 6) is -0.305. The molecule has 0 spiro atoms. The van der Waals surface area contributed by atoms with Crippen LogP contribution in [0, 0.1) is 5.82 Å². The van der Waals surface area contributed by atoms with E-state index in [9.17, 15) is 9.18 Å². The Morgan fingerprint density at radius 3 is 2.45 bits per heavy atom. The lowest BCUT2D eigenvalue weighted by Crippen LogP contribution is -2.20. The van der Waals surface area contributed by atoms with Gasteiger partial charge in [-0.2, -0.15) is 0 Å². The van der Waals surface area contributed by atoms with E-state index in [0.717, 1.165) is 0 Å². The van der Waals surface area contributed by atoms with Gasteiger partial charge in [0.1, 0.15) is 11.6 Å². The van der Waals surface area contributed by atoms with Crippen molar-refractivity contribution in [1.82, 2.24) is 0 Å². The molecule has 0 saturated heterocycles. The lowest BCUT2D eigenvalue weighted by molar-refractivity contribution is -0.118. The molecule has 2 aromatic carbocycles. The van der Waals surface area contributed by atoms with Gasteiger partial charge in [0.2, 0.25) is 0 Å². The molecule has 0 saturated carbocycles. The fourth-order valence-corrected chi connectivity index (χ4v) is 1.75. The van der Waals surface area contributed by atoms with Crippen LogP contribution in [0.15, 0.2) is 42.5 Å². The average molecular weight is 314 g/mol. The minimum Gasteiger partial charge on any atom is -0.484 e. The normalized spacial score (nSPS) is 10.2. The molecule has 0 unspecified atom stereocenters. The van der Waals surface area contributed by atoms with Crippen LogP contribution in [0.5, 0.6) is 5.75 Å². The molecule has 0 aliphatic rings. The van der Waals surface area contributed by atoms with Gasteiger partial charge in [0.05, 0.1) is 10.0 Å². The number of amides is 1. The number of carbonyl (C=O) groups is 1. The second-order valence-corrected chi connectivity index (χ2v) is 4.73. The van der Waals surface area contributed by atoms with Crippen molar-refractivity contribution in [3.8, 4) is 5.75 Å². The number of benzene rings is 2. The summed E-state index contributed by atoms with van der Waals surface area (Å²) in [6.07, 6.45) is 0. The maximum Gasteiger partial charge on any atom is 0.262 e. The van der Waals surface area contributed by atoms with Gasteiger partial charge in [-0.05, 0) is 42.5 Å². The fraction of sp³-hybridized carbons (Fsp3) is 0.0714. The molecule has 6 heteroatoms. The Bertz CT molecular complexity index is 617. The smallest absolute Gasteiger partial charge is 0.262 e. The average Bonchev–Trinajstić information content (AvgIpc) is 2.42. The third-order valence-electron chi connectivity index (χ3n) is 2.39. The SMILES string of the molecule is O=C(COc1ccc(F)cc1)Nc1ccc(Cl)c(Cl)c1. The predicted molar refractivity (Wildman–Crippen MR) is 77.0 cm³/mol. The number of hydrogen-bond acceptors (Lipinski definition) is 2. The highest BCUT2D eigenvalue weighted by atomic mass is 35.5. The van der Waals surface area contributed by atoms with Crippen LogP contribution in [0.1, 0.15) is 0 Å². The highest BCUT2D eigenvalue weighted by Crippen LogP contribution is 2.24. The van der Waals surface area contributed by atoms with E-state index in [1.165, 1.54) is 24.3 Å². The van der Waals surface area contributed by atoms with Crippen molar-refractivity contribution in [2.45, 2.75) is 0 Å². The topological polar surface area (TPSA) is 38.3 Å². The molecule has 0 radical (unpaired) electrons. The lowest BCUT2D eigenvalue weighted by atomic mass is 10.3. The molecule has 0 bridgehead atoms. The molecule has 3 nitrogen and oxygen atoms in total. The summed E-state index contributed by atoms with van der Waals surface area (Å²) in [5, 5.41) is 3.37. The van der Waals surface area contributed by atoms with E-state index in [4.69, 9.17) is 27.9 Å². The number of hydrogen-bond donors (Lipinski definition) is 1. The lowest BCUT2D eigenvalue weighted by Gasteiger charge is -2.08. The Labute approximate surface area is 125 Å². The van der Waals surface area contributed by atoms with Crippen LogP contribution in [0.4, 0.5) is 10.1 Å². The van der Waals surface area contributed by atoms with Gasteiger partial charge in [-0.25, -0.2) is 4.39 Å². The quantitative estimate of drug-likeness (QED) is 0.920. The summed E-state index contributed by atoms with van der Waals surface area (Å²) in [6, 6.07) is 10.2. The second-order valence-electron chi connectivity index (χ2n) is 3.92. The number of anilines is 1. The number of nitrogens with one attached hydrogen (secondary N) is 1. The zero-order chi connectivity index (χ0) is 14.5. The number of rotatable bonds is 4. The van der Waals surface area contributed by atoms with Crippen LogP contribution in [0.3, 0.4) is 0 Å². The minimum absolute atomic E-state index is 0.189. The minimum atomic E-state index is -0.363. The van der Waals surface area contributed by atoms with Crippen LogP contribution >= 0.6 is 23.2 Å². The first-order valence-corrected chi connectivity index (χ1v) is 6.43. The highest BCUT2D eigenvalue weighted by molar-refractivity contribution is 6.42. The first-order chi connectivity index (χ1) is 9.54. The maximum absolute atomic E-state index is 12.7. The van der Waals surface area contributed by atoms with Crippen molar-refractivity contribution in [3.05, 3.63) is 58.3 Å². The summed E-state index contributed by atoms with van der Waals surface area (Å²) < 4.78 is 17.9. The van der Waals surface area contributed by atoms with Crippen molar-refractivity contribution < 1.29 is 13.9 Å². The van der Waals surface area contributed by atoms with Crippen LogP contribution < -0.4 is 10.1 Å². The molecule has 0 aliphatic heterocycles. The van der Waals surface area contributed by atoms with E-state index in [2.05, 4.69) is 5.32 Å². The van der Waals surface area contributed by atoms with Crippen LogP contribution in [-0.2, 0) is 4.79 Å². The van der Waals surface area contributed by atoms with Crippen molar-refractivity contribution in [3.63, 3.8) is 0 Å². The summed E-state index contributed by atoms with van der Waals surface area (Å²) in [6.45, 7) is -0.189. The van der Waals surface area contributed by atoms with E-state index in [-0.39, 0.29) is 18.3 Å². The van der Waals surface area contributed by atoms with Gasteiger partial charge < -0.3 is 10.1 Å². The Morgan fingerprint density at radius 1 is 1.10 bits per heavy atom. The fourth-order valence-electron chi connectivity index (χ4n) is 1.45. The Morgan fingerprint density at radius 2 is 1.80 bits per heavy atom. The molecule has 1 amide bonds. The largest absolute Gasteiger partial charge is 0.484 e. The number of carbonyl (C=O) groups excluding carboxylic acids is 1. The van der Waals surface area contributed by atoms with Crippen LogP contribution in [0.2, 0.25) is 10.0 Å². The molecule has 0 atom stereocenters. The monoisotopic (exact) mass is 313 g/mol. The van der Waals surface area contributed by atoms with E-state index in [1.54, 1.807) is 18.2 Å². The third kappa shape index (κ3) is 4.11. The predicted octanol–water partition coefficient (Wildman–Crippen LogP) is 4.15. The van der Waals surface area contributed by atoms with Crippen molar-refractivity contribution in [1.29, 1.82) is 0 Å².